The summed E-state index contributed by atoms with van der Waals surface area (Å²) in [6.07, 6.45) is 2.05. The average molecular weight is 250 g/mol. The highest BCUT2D eigenvalue weighted by Crippen LogP contribution is 2.19. The fraction of sp³-hybridized carbons (Fsp3) is 0.900. The Morgan fingerprint density at radius 1 is 1.23 bits per heavy atom. The number of hydrogen-bond donors (Lipinski definition) is 0. The SMILES string of the molecule is CCCN(CCC)C(=O)C(C)(C)Br. The monoisotopic (exact) mass is 249 g/mol. The molecule has 1 amide bonds. The molecule has 0 fully saturated rings. The molecule has 0 bridgehead atoms. The van der Waals surface area contributed by atoms with E-state index in [1.807, 2.05) is 18.7 Å². The maximum absolute atomic E-state index is 11.8. The summed E-state index contributed by atoms with van der Waals surface area (Å²) in [5.74, 6) is 0.191. The van der Waals surface area contributed by atoms with Crippen LogP contribution in [0.1, 0.15) is 40.5 Å². The van der Waals surface area contributed by atoms with Crippen molar-refractivity contribution >= 4 is 21.8 Å². The number of carbonyl (C=O) groups excluding carboxylic acids is 1. The third-order valence-electron chi connectivity index (χ3n) is 1.78. The van der Waals surface area contributed by atoms with Crippen LogP contribution in [0, 0.1) is 0 Å². The van der Waals surface area contributed by atoms with Gasteiger partial charge in [-0.05, 0) is 26.7 Å². The third kappa shape index (κ3) is 4.65. The summed E-state index contributed by atoms with van der Waals surface area (Å²) < 4.78 is -0.419. The molecular weight excluding hydrogens is 230 g/mol. The normalized spacial score (nSPS) is 11.5. The van der Waals surface area contributed by atoms with Gasteiger partial charge in [0.1, 0.15) is 0 Å². The van der Waals surface area contributed by atoms with Crippen molar-refractivity contribution in [3.05, 3.63) is 0 Å². The van der Waals surface area contributed by atoms with Gasteiger partial charge in [0.25, 0.3) is 0 Å². The predicted molar refractivity (Wildman–Crippen MR) is 60.2 cm³/mol. The topological polar surface area (TPSA) is 20.3 Å². The molecule has 0 rings (SSSR count). The smallest absolute Gasteiger partial charge is 0.238 e. The number of halogens is 1. The summed E-state index contributed by atoms with van der Waals surface area (Å²) in [5, 5.41) is 0. The molecule has 0 aliphatic heterocycles. The Morgan fingerprint density at radius 3 is 1.85 bits per heavy atom. The van der Waals surface area contributed by atoms with Crippen LogP contribution in [0.3, 0.4) is 0 Å². The molecule has 0 aromatic heterocycles. The fourth-order valence-corrected chi connectivity index (χ4v) is 1.48. The Kier molecular flexibility index (Phi) is 5.61. The standard InChI is InChI=1S/C10H20BrNO/c1-5-7-12(8-6-2)9(13)10(3,4)11/h5-8H2,1-4H3. The van der Waals surface area contributed by atoms with Crippen molar-refractivity contribution < 1.29 is 4.79 Å². The van der Waals surface area contributed by atoms with Crippen LogP contribution in [0.15, 0.2) is 0 Å². The molecule has 13 heavy (non-hydrogen) atoms. The Labute approximate surface area is 89.8 Å². The summed E-state index contributed by atoms with van der Waals surface area (Å²) in [6, 6.07) is 0. The summed E-state index contributed by atoms with van der Waals surface area (Å²) >= 11 is 3.39. The van der Waals surface area contributed by atoms with E-state index in [1.165, 1.54) is 0 Å². The van der Waals surface area contributed by atoms with Crippen molar-refractivity contribution in [3.63, 3.8) is 0 Å². The molecule has 0 radical (unpaired) electrons. The highest BCUT2D eigenvalue weighted by atomic mass is 79.9. The zero-order valence-corrected chi connectivity index (χ0v) is 10.6. The molecule has 0 aliphatic carbocycles. The van der Waals surface area contributed by atoms with Gasteiger partial charge in [0.15, 0.2) is 0 Å². The van der Waals surface area contributed by atoms with E-state index in [4.69, 9.17) is 0 Å². The molecule has 0 aromatic carbocycles. The van der Waals surface area contributed by atoms with Gasteiger partial charge in [0.2, 0.25) is 5.91 Å². The highest BCUT2D eigenvalue weighted by molar-refractivity contribution is 9.10. The van der Waals surface area contributed by atoms with E-state index in [1.54, 1.807) is 0 Å². The van der Waals surface area contributed by atoms with Gasteiger partial charge in [-0.3, -0.25) is 4.79 Å². The Morgan fingerprint density at radius 2 is 1.62 bits per heavy atom. The number of hydrogen-bond acceptors (Lipinski definition) is 1. The van der Waals surface area contributed by atoms with E-state index >= 15 is 0 Å². The Balaban J connectivity index is 4.27. The first-order valence-corrected chi connectivity index (χ1v) is 5.71. The van der Waals surface area contributed by atoms with Crippen molar-refractivity contribution in [2.45, 2.75) is 44.9 Å². The molecule has 3 heteroatoms. The molecule has 0 saturated carbocycles. The summed E-state index contributed by atoms with van der Waals surface area (Å²) in [6.45, 7) is 9.71. The van der Waals surface area contributed by atoms with Gasteiger partial charge in [0, 0.05) is 13.1 Å². The van der Waals surface area contributed by atoms with Gasteiger partial charge in [0.05, 0.1) is 4.32 Å². The molecular formula is C10H20BrNO. The zero-order chi connectivity index (χ0) is 10.5. The van der Waals surface area contributed by atoms with E-state index in [0.29, 0.717) is 0 Å². The van der Waals surface area contributed by atoms with E-state index in [0.717, 1.165) is 25.9 Å². The largest absolute Gasteiger partial charge is 0.342 e. The Bertz CT molecular complexity index is 157. The molecule has 2 nitrogen and oxygen atoms in total. The maximum Gasteiger partial charge on any atom is 0.238 e. The number of alkyl halides is 1. The zero-order valence-electron chi connectivity index (χ0n) is 9.06. The lowest BCUT2D eigenvalue weighted by molar-refractivity contribution is -0.132. The van der Waals surface area contributed by atoms with Crippen LogP contribution >= 0.6 is 15.9 Å². The van der Waals surface area contributed by atoms with Gasteiger partial charge in [-0.2, -0.15) is 0 Å². The molecule has 0 heterocycles. The second kappa shape index (κ2) is 5.63. The lowest BCUT2D eigenvalue weighted by Crippen LogP contribution is -2.42. The number of amides is 1. The quantitative estimate of drug-likeness (QED) is 0.687. The van der Waals surface area contributed by atoms with Crippen LogP contribution in [-0.4, -0.2) is 28.2 Å². The van der Waals surface area contributed by atoms with Gasteiger partial charge < -0.3 is 4.90 Å². The first kappa shape index (κ1) is 12.9. The third-order valence-corrected chi connectivity index (χ3v) is 2.12. The number of nitrogens with zero attached hydrogens (tertiary/aromatic N) is 1. The fourth-order valence-electron chi connectivity index (χ4n) is 1.23. The molecule has 78 valence electrons. The van der Waals surface area contributed by atoms with Crippen LogP contribution < -0.4 is 0 Å². The number of carbonyl (C=O) groups is 1. The lowest BCUT2D eigenvalue weighted by atomic mass is 10.1. The molecule has 0 aromatic rings. The minimum Gasteiger partial charge on any atom is -0.342 e. The van der Waals surface area contributed by atoms with E-state index in [2.05, 4.69) is 29.8 Å². The average Bonchev–Trinajstić information content (AvgIpc) is 2.01. The van der Waals surface area contributed by atoms with Crippen LogP contribution in [-0.2, 0) is 4.79 Å². The van der Waals surface area contributed by atoms with Crippen LogP contribution in [0.25, 0.3) is 0 Å². The van der Waals surface area contributed by atoms with E-state index in [-0.39, 0.29) is 5.91 Å². The maximum atomic E-state index is 11.8. The van der Waals surface area contributed by atoms with Crippen LogP contribution in [0.2, 0.25) is 0 Å². The van der Waals surface area contributed by atoms with E-state index < -0.39 is 4.32 Å². The summed E-state index contributed by atoms with van der Waals surface area (Å²) in [7, 11) is 0. The van der Waals surface area contributed by atoms with Crippen molar-refractivity contribution in [1.82, 2.24) is 4.90 Å². The number of rotatable bonds is 5. The molecule has 0 spiro atoms. The lowest BCUT2D eigenvalue weighted by Gasteiger charge is -2.27. The molecule has 0 aliphatic rings. The summed E-state index contributed by atoms with van der Waals surface area (Å²) in [5.41, 5.74) is 0. The molecule has 0 atom stereocenters. The minimum absolute atomic E-state index is 0.191. The van der Waals surface area contributed by atoms with Gasteiger partial charge in [-0.1, -0.05) is 29.8 Å². The van der Waals surface area contributed by atoms with Crippen molar-refractivity contribution in [2.24, 2.45) is 0 Å². The van der Waals surface area contributed by atoms with Crippen molar-refractivity contribution in [3.8, 4) is 0 Å². The van der Waals surface area contributed by atoms with Crippen LogP contribution in [0.4, 0.5) is 0 Å². The van der Waals surface area contributed by atoms with Crippen molar-refractivity contribution in [1.29, 1.82) is 0 Å². The second-order valence-corrected chi connectivity index (χ2v) is 5.75. The van der Waals surface area contributed by atoms with Crippen LogP contribution in [0.5, 0.6) is 0 Å². The Hall–Kier alpha value is -0.0500. The second-order valence-electron chi connectivity index (χ2n) is 3.76. The minimum atomic E-state index is -0.419. The van der Waals surface area contributed by atoms with Crippen molar-refractivity contribution in [2.75, 3.05) is 13.1 Å². The van der Waals surface area contributed by atoms with Gasteiger partial charge in [-0.15, -0.1) is 0 Å². The highest BCUT2D eigenvalue weighted by Gasteiger charge is 2.27. The summed E-state index contributed by atoms with van der Waals surface area (Å²) in [4.78, 5) is 13.7. The van der Waals surface area contributed by atoms with E-state index in [9.17, 15) is 4.79 Å². The first-order valence-electron chi connectivity index (χ1n) is 4.91. The molecule has 0 unspecified atom stereocenters. The molecule has 0 N–H and O–H groups in total. The first-order chi connectivity index (χ1) is 5.93. The van der Waals surface area contributed by atoms with Gasteiger partial charge >= 0.3 is 0 Å². The molecule has 0 saturated heterocycles. The van der Waals surface area contributed by atoms with Gasteiger partial charge in [-0.25, -0.2) is 0 Å². The predicted octanol–water partition coefficient (Wildman–Crippen LogP) is 2.81.